The minimum atomic E-state index is -0.524. The second-order valence-corrected chi connectivity index (χ2v) is 11.4. The van der Waals surface area contributed by atoms with E-state index in [1.54, 1.807) is 40.1 Å². The SMILES string of the molecule is CC(C)N(C(=O)Cc1cccnc1)c1ccc(Cc2nc3c([nH]2)c(=O)n(Cc2ccccc2F)c(=O)n3CC2CC2)cc1. The Labute approximate surface area is 247 Å². The monoisotopic (exact) mass is 580 g/mol. The molecule has 1 N–H and O–H groups in total. The summed E-state index contributed by atoms with van der Waals surface area (Å²) in [7, 11) is 0. The molecule has 3 heterocycles. The smallest absolute Gasteiger partial charge is 0.333 e. The third-order valence-corrected chi connectivity index (χ3v) is 7.78. The van der Waals surface area contributed by atoms with E-state index in [0.29, 0.717) is 30.4 Å². The lowest BCUT2D eigenvalue weighted by molar-refractivity contribution is -0.118. The van der Waals surface area contributed by atoms with Gasteiger partial charge in [0.1, 0.15) is 17.2 Å². The van der Waals surface area contributed by atoms with Crippen LogP contribution in [0.3, 0.4) is 0 Å². The average Bonchev–Trinajstić information content (AvgIpc) is 3.72. The van der Waals surface area contributed by atoms with Gasteiger partial charge in [0.15, 0.2) is 5.65 Å². The third kappa shape index (κ3) is 6.04. The molecule has 43 heavy (non-hydrogen) atoms. The molecule has 0 aliphatic heterocycles. The average molecular weight is 581 g/mol. The number of H-pyrrole nitrogens is 1. The van der Waals surface area contributed by atoms with Crippen LogP contribution in [-0.2, 0) is 30.7 Å². The lowest BCUT2D eigenvalue weighted by atomic mass is 10.1. The molecule has 0 spiro atoms. The fourth-order valence-corrected chi connectivity index (χ4v) is 5.42. The van der Waals surface area contributed by atoms with E-state index < -0.39 is 17.1 Å². The predicted octanol–water partition coefficient (Wildman–Crippen LogP) is 4.45. The summed E-state index contributed by atoms with van der Waals surface area (Å²) < 4.78 is 17.1. The number of imidazole rings is 1. The molecule has 0 bridgehead atoms. The maximum absolute atomic E-state index is 14.4. The highest BCUT2D eigenvalue weighted by molar-refractivity contribution is 5.95. The number of nitrogens with zero attached hydrogens (tertiary/aromatic N) is 5. The summed E-state index contributed by atoms with van der Waals surface area (Å²) in [6.07, 6.45) is 6.06. The maximum atomic E-state index is 14.4. The molecule has 3 aromatic heterocycles. The molecule has 5 aromatic rings. The van der Waals surface area contributed by atoms with Gasteiger partial charge in [0.2, 0.25) is 5.91 Å². The number of hydrogen-bond acceptors (Lipinski definition) is 5. The van der Waals surface area contributed by atoms with Gasteiger partial charge in [-0.05, 0) is 68.0 Å². The van der Waals surface area contributed by atoms with E-state index in [1.807, 2.05) is 50.2 Å². The summed E-state index contributed by atoms with van der Waals surface area (Å²) in [6.45, 7) is 4.25. The molecule has 220 valence electrons. The highest BCUT2D eigenvalue weighted by Gasteiger charge is 2.26. The second kappa shape index (κ2) is 11.8. The Morgan fingerprint density at radius 1 is 1.02 bits per heavy atom. The van der Waals surface area contributed by atoms with E-state index in [0.717, 1.165) is 34.2 Å². The first-order valence-corrected chi connectivity index (χ1v) is 14.5. The van der Waals surface area contributed by atoms with Crippen molar-refractivity contribution in [2.24, 2.45) is 5.92 Å². The Bertz CT molecular complexity index is 1890. The van der Waals surface area contributed by atoms with Crippen molar-refractivity contribution in [1.29, 1.82) is 0 Å². The number of amides is 1. The third-order valence-electron chi connectivity index (χ3n) is 7.78. The zero-order chi connectivity index (χ0) is 30.1. The zero-order valence-corrected chi connectivity index (χ0v) is 24.2. The van der Waals surface area contributed by atoms with Crippen LogP contribution in [0.15, 0.2) is 82.6 Å². The number of carbonyl (C=O) groups is 1. The van der Waals surface area contributed by atoms with E-state index in [4.69, 9.17) is 0 Å². The van der Waals surface area contributed by atoms with Crippen molar-refractivity contribution in [2.45, 2.75) is 58.7 Å². The topological polar surface area (TPSA) is 106 Å². The number of anilines is 1. The van der Waals surface area contributed by atoms with Crippen molar-refractivity contribution in [1.82, 2.24) is 24.1 Å². The number of pyridine rings is 1. The van der Waals surface area contributed by atoms with E-state index >= 15 is 0 Å². The molecule has 1 fully saturated rings. The van der Waals surface area contributed by atoms with Gasteiger partial charge in [-0.25, -0.2) is 14.2 Å². The number of fused-ring (bicyclic) bond motifs is 1. The van der Waals surface area contributed by atoms with Crippen molar-refractivity contribution < 1.29 is 9.18 Å². The van der Waals surface area contributed by atoms with Gasteiger partial charge in [-0.1, -0.05) is 36.4 Å². The quantitative estimate of drug-likeness (QED) is 0.263. The molecule has 1 aliphatic carbocycles. The van der Waals surface area contributed by atoms with Gasteiger partial charge < -0.3 is 9.88 Å². The fourth-order valence-electron chi connectivity index (χ4n) is 5.42. The van der Waals surface area contributed by atoms with Gasteiger partial charge in [-0.15, -0.1) is 0 Å². The molecule has 1 aliphatic rings. The van der Waals surface area contributed by atoms with Gasteiger partial charge in [-0.2, -0.15) is 0 Å². The number of hydrogen-bond donors (Lipinski definition) is 1. The molecule has 6 rings (SSSR count). The van der Waals surface area contributed by atoms with E-state index in [2.05, 4.69) is 15.0 Å². The van der Waals surface area contributed by atoms with Crippen molar-refractivity contribution in [3.8, 4) is 0 Å². The molecule has 9 nitrogen and oxygen atoms in total. The summed E-state index contributed by atoms with van der Waals surface area (Å²) in [4.78, 5) is 53.8. The van der Waals surface area contributed by atoms with E-state index in [-0.39, 0.29) is 36.0 Å². The second-order valence-electron chi connectivity index (χ2n) is 11.4. The Kier molecular flexibility index (Phi) is 7.75. The predicted molar refractivity (Wildman–Crippen MR) is 163 cm³/mol. The normalized spacial score (nSPS) is 13.1. The van der Waals surface area contributed by atoms with Crippen LogP contribution in [-0.4, -0.2) is 36.0 Å². The molecule has 2 aromatic carbocycles. The Hall–Kier alpha value is -4.86. The zero-order valence-electron chi connectivity index (χ0n) is 24.2. The van der Waals surface area contributed by atoms with Gasteiger partial charge >= 0.3 is 5.69 Å². The maximum Gasteiger partial charge on any atom is 0.333 e. The minimum absolute atomic E-state index is 0.0201. The molecule has 1 saturated carbocycles. The number of aromatic amines is 1. The molecular weight excluding hydrogens is 547 g/mol. The highest BCUT2D eigenvalue weighted by Crippen LogP contribution is 2.30. The Morgan fingerprint density at radius 3 is 2.47 bits per heavy atom. The van der Waals surface area contributed by atoms with Gasteiger partial charge in [0, 0.05) is 42.7 Å². The van der Waals surface area contributed by atoms with Gasteiger partial charge in [0.25, 0.3) is 5.56 Å². The first-order valence-electron chi connectivity index (χ1n) is 14.5. The first kappa shape index (κ1) is 28.3. The van der Waals surface area contributed by atoms with Gasteiger partial charge in [0.05, 0.1) is 13.0 Å². The van der Waals surface area contributed by atoms with Crippen molar-refractivity contribution in [3.05, 3.63) is 122 Å². The number of carbonyl (C=O) groups excluding carboxylic acids is 1. The highest BCUT2D eigenvalue weighted by atomic mass is 19.1. The molecule has 0 unspecified atom stereocenters. The van der Waals surface area contributed by atoms with Crippen LogP contribution >= 0.6 is 0 Å². The standard InChI is InChI=1S/C33H33FN6O3/c1-21(2)40(29(41)17-24-6-5-15-35-18-24)26-13-11-22(12-14-26)16-28-36-30-31(37-28)38(19-23-9-10-23)33(43)39(32(30)42)20-25-7-3-4-8-27(25)34/h3-8,11-15,18,21,23H,9-10,16-17,19-20H2,1-2H3,(H,36,37). The molecule has 0 atom stereocenters. The molecule has 1 amide bonds. The van der Waals surface area contributed by atoms with E-state index in [9.17, 15) is 18.8 Å². The van der Waals surface area contributed by atoms with Crippen LogP contribution in [0, 0.1) is 11.7 Å². The summed E-state index contributed by atoms with van der Waals surface area (Å²) in [5.74, 6) is 0.415. The number of halogens is 1. The number of benzene rings is 2. The molecule has 10 heteroatoms. The number of nitrogens with one attached hydrogen (secondary N) is 1. The first-order chi connectivity index (χ1) is 20.8. The fraction of sp³-hybridized carbons (Fsp3) is 0.303. The number of rotatable bonds is 10. The summed E-state index contributed by atoms with van der Waals surface area (Å²) >= 11 is 0. The molecule has 0 saturated heterocycles. The van der Waals surface area contributed by atoms with Crippen LogP contribution in [0.5, 0.6) is 0 Å². The largest absolute Gasteiger partial charge is 0.336 e. The van der Waals surface area contributed by atoms with Gasteiger partial charge in [-0.3, -0.25) is 23.7 Å². The van der Waals surface area contributed by atoms with Crippen LogP contribution in [0.2, 0.25) is 0 Å². The van der Waals surface area contributed by atoms with Crippen LogP contribution < -0.4 is 16.1 Å². The van der Waals surface area contributed by atoms with Crippen LogP contribution in [0.1, 0.15) is 49.2 Å². The lowest BCUT2D eigenvalue weighted by Crippen LogP contribution is -2.40. The summed E-state index contributed by atoms with van der Waals surface area (Å²) in [5, 5.41) is 0. The lowest BCUT2D eigenvalue weighted by Gasteiger charge is -2.27. The summed E-state index contributed by atoms with van der Waals surface area (Å²) in [5.41, 5.74) is 2.38. The summed E-state index contributed by atoms with van der Waals surface area (Å²) in [6, 6.07) is 17.5. The molecule has 0 radical (unpaired) electrons. The Morgan fingerprint density at radius 2 is 1.79 bits per heavy atom. The number of aromatic nitrogens is 5. The molecular formula is C33H33FN6O3. The van der Waals surface area contributed by atoms with Crippen molar-refractivity contribution in [2.75, 3.05) is 4.90 Å². The van der Waals surface area contributed by atoms with Crippen molar-refractivity contribution >= 4 is 22.8 Å². The van der Waals surface area contributed by atoms with Crippen LogP contribution in [0.4, 0.5) is 10.1 Å². The van der Waals surface area contributed by atoms with Crippen LogP contribution in [0.25, 0.3) is 11.2 Å². The minimum Gasteiger partial charge on any atom is -0.336 e. The van der Waals surface area contributed by atoms with Crippen molar-refractivity contribution in [3.63, 3.8) is 0 Å². The van der Waals surface area contributed by atoms with E-state index in [1.165, 1.54) is 6.07 Å². The Balaban J connectivity index is 1.28.